The monoisotopic (exact) mass is 235 g/mol. The van der Waals surface area contributed by atoms with E-state index in [9.17, 15) is 4.79 Å². The number of Topliss-reactive ketones (excluding diaryl/α,β-unsaturated/α-hetero) is 1. The van der Waals surface area contributed by atoms with Gasteiger partial charge in [0.2, 0.25) is 0 Å². The molecule has 0 aliphatic rings. The van der Waals surface area contributed by atoms with E-state index < -0.39 is 0 Å². The molecule has 0 heterocycles. The van der Waals surface area contributed by atoms with Gasteiger partial charge in [-0.2, -0.15) is 0 Å². The van der Waals surface area contributed by atoms with Crippen molar-refractivity contribution in [2.24, 2.45) is 0 Å². The number of methoxy groups -OCH3 is 1. The van der Waals surface area contributed by atoms with Crippen LogP contribution in [-0.2, 0) is 5.41 Å². The SMILES string of the molecule is CNc1cc(C(C)=O)cc(C(C)(C)C)c1OC. The molecular formula is C14H21NO2. The predicted molar refractivity (Wildman–Crippen MR) is 71.2 cm³/mol. The molecule has 1 aromatic rings. The van der Waals surface area contributed by atoms with Gasteiger partial charge in [-0.25, -0.2) is 0 Å². The first-order valence-electron chi connectivity index (χ1n) is 5.72. The molecule has 3 heteroatoms. The molecule has 0 atom stereocenters. The lowest BCUT2D eigenvalue weighted by Gasteiger charge is -2.24. The second kappa shape index (κ2) is 4.78. The maximum absolute atomic E-state index is 11.5. The lowest BCUT2D eigenvalue weighted by molar-refractivity contribution is 0.101. The quantitative estimate of drug-likeness (QED) is 0.817. The van der Waals surface area contributed by atoms with Crippen LogP contribution in [0.2, 0.25) is 0 Å². The Balaban J connectivity index is 3.54. The van der Waals surface area contributed by atoms with Crippen molar-refractivity contribution in [1.82, 2.24) is 0 Å². The van der Waals surface area contributed by atoms with Crippen molar-refractivity contribution in [3.05, 3.63) is 23.3 Å². The van der Waals surface area contributed by atoms with Crippen molar-refractivity contribution in [1.29, 1.82) is 0 Å². The molecule has 0 saturated heterocycles. The van der Waals surface area contributed by atoms with Crippen molar-refractivity contribution in [2.75, 3.05) is 19.5 Å². The summed E-state index contributed by atoms with van der Waals surface area (Å²) in [6.45, 7) is 7.89. The van der Waals surface area contributed by atoms with Gasteiger partial charge < -0.3 is 10.1 Å². The molecule has 1 aromatic carbocycles. The first kappa shape index (κ1) is 13.6. The van der Waals surface area contributed by atoms with Gasteiger partial charge in [-0.15, -0.1) is 0 Å². The summed E-state index contributed by atoms with van der Waals surface area (Å²) in [6.07, 6.45) is 0. The number of carbonyl (C=O) groups excluding carboxylic acids is 1. The van der Waals surface area contributed by atoms with Crippen LogP contribution in [0.3, 0.4) is 0 Å². The molecule has 94 valence electrons. The summed E-state index contributed by atoms with van der Waals surface area (Å²) in [7, 11) is 3.48. The Hall–Kier alpha value is -1.51. The number of carbonyl (C=O) groups is 1. The minimum absolute atomic E-state index is 0.0645. The van der Waals surface area contributed by atoms with E-state index in [0.29, 0.717) is 5.56 Å². The highest BCUT2D eigenvalue weighted by molar-refractivity contribution is 5.96. The standard InChI is InChI=1S/C14H21NO2/c1-9(16)10-7-11(14(2,3)4)13(17-6)12(8-10)15-5/h7-8,15H,1-6H3. The maximum Gasteiger partial charge on any atom is 0.159 e. The normalized spacial score (nSPS) is 11.2. The number of ether oxygens (including phenoxy) is 1. The highest BCUT2D eigenvalue weighted by atomic mass is 16.5. The van der Waals surface area contributed by atoms with E-state index in [1.54, 1.807) is 14.0 Å². The third-order valence-electron chi connectivity index (χ3n) is 2.78. The third-order valence-corrected chi connectivity index (χ3v) is 2.78. The molecular weight excluding hydrogens is 214 g/mol. The average Bonchev–Trinajstić information content (AvgIpc) is 2.25. The fourth-order valence-electron chi connectivity index (χ4n) is 1.79. The summed E-state index contributed by atoms with van der Waals surface area (Å²) < 4.78 is 5.45. The van der Waals surface area contributed by atoms with Crippen molar-refractivity contribution >= 4 is 11.5 Å². The number of benzene rings is 1. The molecule has 0 saturated carbocycles. The zero-order chi connectivity index (χ0) is 13.2. The van der Waals surface area contributed by atoms with Crippen molar-refractivity contribution in [2.45, 2.75) is 33.1 Å². The van der Waals surface area contributed by atoms with Crippen LogP contribution in [0.4, 0.5) is 5.69 Å². The summed E-state index contributed by atoms with van der Waals surface area (Å²) in [5.74, 6) is 0.875. The van der Waals surface area contributed by atoms with E-state index in [2.05, 4.69) is 26.1 Å². The molecule has 0 aromatic heterocycles. The molecule has 0 bridgehead atoms. The second-order valence-electron chi connectivity index (χ2n) is 5.16. The lowest BCUT2D eigenvalue weighted by atomic mass is 9.84. The van der Waals surface area contributed by atoms with Gasteiger partial charge in [0, 0.05) is 18.2 Å². The zero-order valence-electron chi connectivity index (χ0n) is 11.5. The first-order chi connectivity index (χ1) is 7.81. The Morgan fingerprint density at radius 3 is 2.24 bits per heavy atom. The summed E-state index contributed by atoms with van der Waals surface area (Å²) in [5, 5.41) is 3.08. The van der Waals surface area contributed by atoms with Gasteiger partial charge >= 0.3 is 0 Å². The van der Waals surface area contributed by atoms with Gasteiger partial charge in [0.15, 0.2) is 5.78 Å². The van der Waals surface area contributed by atoms with Crippen molar-refractivity contribution in [3.63, 3.8) is 0 Å². The van der Waals surface area contributed by atoms with E-state index in [0.717, 1.165) is 17.0 Å². The first-order valence-corrected chi connectivity index (χ1v) is 5.72. The van der Waals surface area contributed by atoms with Crippen LogP contribution in [0.1, 0.15) is 43.6 Å². The Kier molecular flexibility index (Phi) is 3.81. The molecule has 1 N–H and O–H groups in total. The lowest BCUT2D eigenvalue weighted by Crippen LogP contribution is -2.15. The Morgan fingerprint density at radius 2 is 1.88 bits per heavy atom. The fraction of sp³-hybridized carbons (Fsp3) is 0.500. The Labute approximate surface area is 103 Å². The van der Waals surface area contributed by atoms with Gasteiger partial charge in [0.25, 0.3) is 0 Å². The highest BCUT2D eigenvalue weighted by Crippen LogP contribution is 2.38. The van der Waals surface area contributed by atoms with Crippen LogP contribution in [0.25, 0.3) is 0 Å². The molecule has 0 aliphatic heterocycles. The van der Waals surface area contributed by atoms with Crippen LogP contribution in [-0.4, -0.2) is 19.9 Å². The second-order valence-corrected chi connectivity index (χ2v) is 5.16. The largest absolute Gasteiger partial charge is 0.494 e. The van der Waals surface area contributed by atoms with Gasteiger partial charge in [0.1, 0.15) is 5.75 Å². The van der Waals surface area contributed by atoms with Crippen molar-refractivity contribution < 1.29 is 9.53 Å². The topological polar surface area (TPSA) is 38.3 Å². The maximum atomic E-state index is 11.5. The summed E-state index contributed by atoms with van der Waals surface area (Å²) in [5.41, 5.74) is 2.53. The molecule has 17 heavy (non-hydrogen) atoms. The molecule has 0 fully saturated rings. The van der Waals surface area contributed by atoms with Crippen LogP contribution in [0.15, 0.2) is 12.1 Å². The number of nitrogens with one attached hydrogen (secondary N) is 1. The van der Waals surface area contributed by atoms with E-state index in [1.807, 2.05) is 19.2 Å². The van der Waals surface area contributed by atoms with E-state index in [-0.39, 0.29) is 11.2 Å². The molecule has 0 aliphatic carbocycles. The molecule has 0 amide bonds. The number of ketones is 1. The minimum Gasteiger partial charge on any atom is -0.494 e. The van der Waals surface area contributed by atoms with E-state index in [4.69, 9.17) is 4.74 Å². The number of rotatable bonds is 3. The molecule has 0 radical (unpaired) electrons. The molecule has 0 unspecified atom stereocenters. The van der Waals surface area contributed by atoms with Gasteiger partial charge in [0.05, 0.1) is 12.8 Å². The molecule has 3 nitrogen and oxygen atoms in total. The summed E-state index contributed by atoms with van der Waals surface area (Å²) in [4.78, 5) is 11.5. The van der Waals surface area contributed by atoms with Crippen molar-refractivity contribution in [3.8, 4) is 5.75 Å². The van der Waals surface area contributed by atoms with Crippen LogP contribution in [0, 0.1) is 0 Å². The predicted octanol–water partition coefficient (Wildman–Crippen LogP) is 3.24. The van der Waals surface area contributed by atoms with E-state index >= 15 is 0 Å². The molecule has 0 spiro atoms. The Morgan fingerprint density at radius 1 is 1.29 bits per heavy atom. The number of anilines is 1. The number of hydrogen-bond donors (Lipinski definition) is 1. The van der Waals surface area contributed by atoms with Crippen LogP contribution >= 0.6 is 0 Å². The van der Waals surface area contributed by atoms with Crippen LogP contribution < -0.4 is 10.1 Å². The average molecular weight is 235 g/mol. The summed E-state index contributed by atoms with van der Waals surface area (Å²) in [6, 6.07) is 3.75. The zero-order valence-corrected chi connectivity index (χ0v) is 11.5. The van der Waals surface area contributed by atoms with Gasteiger partial charge in [-0.05, 0) is 24.5 Å². The summed E-state index contributed by atoms with van der Waals surface area (Å²) >= 11 is 0. The van der Waals surface area contributed by atoms with Crippen LogP contribution in [0.5, 0.6) is 5.75 Å². The third kappa shape index (κ3) is 2.78. The smallest absolute Gasteiger partial charge is 0.159 e. The minimum atomic E-state index is -0.0671. The Bertz CT molecular complexity index is 431. The van der Waals surface area contributed by atoms with Gasteiger partial charge in [-0.3, -0.25) is 4.79 Å². The van der Waals surface area contributed by atoms with Gasteiger partial charge in [-0.1, -0.05) is 20.8 Å². The highest BCUT2D eigenvalue weighted by Gasteiger charge is 2.22. The number of hydrogen-bond acceptors (Lipinski definition) is 3. The van der Waals surface area contributed by atoms with E-state index in [1.165, 1.54) is 0 Å². The fourth-order valence-corrected chi connectivity index (χ4v) is 1.79. The molecule has 1 rings (SSSR count).